The molecule has 1 aliphatic rings. The highest BCUT2D eigenvalue weighted by molar-refractivity contribution is 6.04. The predicted molar refractivity (Wildman–Crippen MR) is 114 cm³/mol. The fourth-order valence-corrected chi connectivity index (χ4v) is 3.72. The van der Waals surface area contributed by atoms with E-state index in [4.69, 9.17) is 9.47 Å². The normalized spacial score (nSPS) is 14.0. The van der Waals surface area contributed by atoms with E-state index in [1.807, 2.05) is 39.0 Å². The van der Waals surface area contributed by atoms with E-state index in [9.17, 15) is 9.59 Å². The first-order valence-electron chi connectivity index (χ1n) is 10.2. The van der Waals surface area contributed by atoms with E-state index in [0.717, 1.165) is 5.56 Å². The molecule has 0 saturated carbocycles. The molecule has 4 rings (SSSR count). The summed E-state index contributed by atoms with van der Waals surface area (Å²) in [6.07, 6.45) is 0. The minimum absolute atomic E-state index is 0.125. The number of fused-ring (bicyclic) bond motifs is 2. The average Bonchev–Trinajstić information content (AvgIpc) is 2.77. The van der Waals surface area contributed by atoms with Crippen molar-refractivity contribution in [3.05, 3.63) is 64.1 Å². The van der Waals surface area contributed by atoms with Gasteiger partial charge in [-0.3, -0.25) is 9.59 Å². The zero-order valence-corrected chi connectivity index (χ0v) is 17.3. The number of amides is 1. The second kappa shape index (κ2) is 8.18. The maximum Gasteiger partial charge on any atom is 0.274 e. The Labute approximate surface area is 174 Å². The molecule has 7 nitrogen and oxygen atoms in total. The summed E-state index contributed by atoms with van der Waals surface area (Å²) < 4.78 is 12.6. The van der Waals surface area contributed by atoms with Gasteiger partial charge in [0.1, 0.15) is 13.2 Å². The van der Waals surface area contributed by atoms with Gasteiger partial charge in [-0.15, -0.1) is 0 Å². The van der Waals surface area contributed by atoms with Crippen LogP contribution in [-0.2, 0) is 6.54 Å². The summed E-state index contributed by atoms with van der Waals surface area (Å²) in [7, 11) is 0. The summed E-state index contributed by atoms with van der Waals surface area (Å²) >= 11 is 0. The molecule has 0 spiro atoms. The number of rotatable bonds is 5. The van der Waals surface area contributed by atoms with Crippen LogP contribution in [0, 0.1) is 5.92 Å². The van der Waals surface area contributed by atoms with Crippen molar-refractivity contribution in [2.45, 2.75) is 33.4 Å². The van der Waals surface area contributed by atoms with Crippen LogP contribution < -0.4 is 20.3 Å². The number of nitrogens with one attached hydrogen (secondary N) is 1. The molecule has 2 aromatic carbocycles. The molecule has 0 aliphatic carbocycles. The van der Waals surface area contributed by atoms with Gasteiger partial charge in [-0.25, -0.2) is 4.68 Å². The van der Waals surface area contributed by atoms with Crippen molar-refractivity contribution in [1.82, 2.24) is 15.1 Å². The van der Waals surface area contributed by atoms with Crippen molar-refractivity contribution in [2.24, 2.45) is 5.92 Å². The van der Waals surface area contributed by atoms with Crippen molar-refractivity contribution in [2.75, 3.05) is 13.2 Å². The molecule has 156 valence electrons. The number of hydrogen-bond acceptors (Lipinski definition) is 5. The van der Waals surface area contributed by atoms with Crippen molar-refractivity contribution in [3.63, 3.8) is 0 Å². The van der Waals surface area contributed by atoms with Crippen LogP contribution in [0.1, 0.15) is 42.9 Å². The highest BCUT2D eigenvalue weighted by Gasteiger charge is 2.24. The van der Waals surface area contributed by atoms with E-state index >= 15 is 0 Å². The van der Waals surface area contributed by atoms with Crippen LogP contribution in [-0.4, -0.2) is 28.9 Å². The predicted octanol–water partition coefficient (Wildman–Crippen LogP) is 3.31. The monoisotopic (exact) mass is 407 g/mol. The van der Waals surface area contributed by atoms with Crippen LogP contribution in [0.4, 0.5) is 0 Å². The molecular weight excluding hydrogens is 382 g/mol. The summed E-state index contributed by atoms with van der Waals surface area (Å²) in [6.45, 7) is 7.34. The van der Waals surface area contributed by atoms with Crippen LogP contribution in [0.3, 0.4) is 0 Å². The van der Waals surface area contributed by atoms with E-state index < -0.39 is 0 Å². The molecule has 7 heteroatoms. The van der Waals surface area contributed by atoms with Crippen LogP contribution in [0.25, 0.3) is 10.8 Å². The van der Waals surface area contributed by atoms with Crippen molar-refractivity contribution >= 4 is 16.7 Å². The van der Waals surface area contributed by atoms with Gasteiger partial charge in [-0.2, -0.15) is 5.10 Å². The van der Waals surface area contributed by atoms with E-state index in [2.05, 4.69) is 10.4 Å². The summed E-state index contributed by atoms with van der Waals surface area (Å²) in [5.74, 6) is 1.20. The number of carbonyl (C=O) groups excluding carboxylic acids is 1. The van der Waals surface area contributed by atoms with E-state index in [1.54, 1.807) is 24.3 Å². The fourth-order valence-electron chi connectivity index (χ4n) is 3.72. The third-order valence-corrected chi connectivity index (χ3v) is 5.26. The third-order valence-electron chi connectivity index (χ3n) is 5.26. The van der Waals surface area contributed by atoms with Crippen LogP contribution >= 0.6 is 0 Å². The lowest BCUT2D eigenvalue weighted by Crippen LogP contribution is -2.34. The van der Waals surface area contributed by atoms with Gasteiger partial charge in [0.2, 0.25) is 0 Å². The first-order chi connectivity index (χ1) is 14.5. The molecule has 3 aromatic rings. The summed E-state index contributed by atoms with van der Waals surface area (Å²) in [6, 6.07) is 12.5. The number of hydrogen-bond donors (Lipinski definition) is 1. The third kappa shape index (κ3) is 3.63. The molecule has 0 fully saturated rings. The Kier molecular flexibility index (Phi) is 5.44. The van der Waals surface area contributed by atoms with E-state index in [-0.39, 0.29) is 29.1 Å². The minimum Gasteiger partial charge on any atom is -0.486 e. The molecule has 1 aromatic heterocycles. The largest absolute Gasteiger partial charge is 0.486 e. The number of ether oxygens (including phenoxy) is 2. The second-order valence-electron chi connectivity index (χ2n) is 7.61. The van der Waals surface area contributed by atoms with Gasteiger partial charge in [0.05, 0.1) is 11.4 Å². The Balaban J connectivity index is 1.71. The van der Waals surface area contributed by atoms with Crippen LogP contribution in [0.15, 0.2) is 47.3 Å². The Morgan fingerprint density at radius 3 is 2.50 bits per heavy atom. The Morgan fingerprint density at radius 2 is 1.80 bits per heavy atom. The maximum absolute atomic E-state index is 13.3. The van der Waals surface area contributed by atoms with Crippen molar-refractivity contribution in [1.29, 1.82) is 0 Å². The molecule has 1 amide bonds. The van der Waals surface area contributed by atoms with Gasteiger partial charge in [0.15, 0.2) is 17.2 Å². The highest BCUT2D eigenvalue weighted by atomic mass is 16.6. The number of carbonyl (C=O) groups is 1. The van der Waals surface area contributed by atoms with Gasteiger partial charge in [-0.1, -0.05) is 38.1 Å². The lowest BCUT2D eigenvalue weighted by molar-refractivity contribution is 0.0919. The summed E-state index contributed by atoms with van der Waals surface area (Å²) in [5, 5.41) is 8.48. The van der Waals surface area contributed by atoms with Gasteiger partial charge >= 0.3 is 0 Å². The lowest BCUT2D eigenvalue weighted by atomic mass is 9.95. The van der Waals surface area contributed by atoms with Gasteiger partial charge in [0.25, 0.3) is 11.5 Å². The fraction of sp³-hybridized carbons (Fsp3) is 0.348. The average molecular weight is 407 g/mol. The molecule has 0 radical (unpaired) electrons. The number of nitrogens with zero attached hydrogens (tertiary/aromatic N) is 2. The zero-order chi connectivity index (χ0) is 21.3. The number of benzene rings is 2. The topological polar surface area (TPSA) is 82.5 Å². The highest BCUT2D eigenvalue weighted by Crippen LogP contribution is 2.34. The first-order valence-corrected chi connectivity index (χ1v) is 10.2. The second-order valence-corrected chi connectivity index (χ2v) is 7.61. The smallest absolute Gasteiger partial charge is 0.274 e. The molecule has 30 heavy (non-hydrogen) atoms. The number of aryl methyl sites for hydroxylation is 1. The molecular formula is C23H25N3O4. The van der Waals surface area contributed by atoms with Gasteiger partial charge in [0, 0.05) is 11.9 Å². The van der Waals surface area contributed by atoms with Crippen molar-refractivity contribution in [3.8, 4) is 11.5 Å². The van der Waals surface area contributed by atoms with Crippen molar-refractivity contribution < 1.29 is 14.3 Å². The van der Waals surface area contributed by atoms with E-state index in [0.29, 0.717) is 42.0 Å². The minimum atomic E-state index is -0.318. The molecule has 0 saturated heterocycles. The van der Waals surface area contributed by atoms with E-state index in [1.165, 1.54) is 4.68 Å². The van der Waals surface area contributed by atoms with Crippen LogP contribution in [0.2, 0.25) is 0 Å². The standard InChI is InChI=1S/C23H25N3O4/c1-4-26-23(28)17-8-6-5-7-16(17)21(25-26)22(27)24-20(14(2)3)15-9-10-18-19(13-15)30-12-11-29-18/h5-10,13-14,20H,4,11-12H2,1-3H3,(H,24,27). The molecule has 1 unspecified atom stereocenters. The Morgan fingerprint density at radius 1 is 1.10 bits per heavy atom. The summed E-state index contributed by atoms with van der Waals surface area (Å²) in [4.78, 5) is 25.8. The zero-order valence-electron chi connectivity index (χ0n) is 17.3. The van der Waals surface area contributed by atoms with Gasteiger partial charge < -0.3 is 14.8 Å². The quantitative estimate of drug-likeness (QED) is 0.702. The molecule has 1 aliphatic heterocycles. The summed E-state index contributed by atoms with van der Waals surface area (Å²) in [5.41, 5.74) is 0.975. The molecule has 1 N–H and O–H groups in total. The van der Waals surface area contributed by atoms with Crippen LogP contribution in [0.5, 0.6) is 11.5 Å². The Hall–Kier alpha value is -3.35. The maximum atomic E-state index is 13.3. The lowest BCUT2D eigenvalue weighted by Gasteiger charge is -2.25. The number of aromatic nitrogens is 2. The Bertz CT molecular complexity index is 1150. The molecule has 0 bridgehead atoms. The van der Waals surface area contributed by atoms with Gasteiger partial charge in [-0.05, 0) is 36.6 Å². The first kappa shape index (κ1) is 19.9. The molecule has 1 atom stereocenters. The molecule has 2 heterocycles. The SMILES string of the molecule is CCn1nc(C(=O)NC(c2ccc3c(c2)OCCO3)C(C)C)c2ccccc2c1=O.